The number of allylic oxidation sites excluding steroid dienone is 8. The molecule has 0 fully saturated rings. The average Bonchev–Trinajstić information content (AvgIpc) is 3.32. The second-order valence-corrected chi connectivity index (χ2v) is 11.6. The molecule has 0 aliphatic rings. The summed E-state index contributed by atoms with van der Waals surface area (Å²) in [4.78, 5) is 0. The first-order chi connectivity index (χ1) is 17.5. The van der Waals surface area contributed by atoms with Gasteiger partial charge in [0, 0.05) is 0 Å². The van der Waals surface area contributed by atoms with Gasteiger partial charge in [0.05, 0.1) is 19.1 Å². The number of hydrogen-bond acceptors (Lipinski definition) is 4. The van der Waals surface area contributed by atoms with Gasteiger partial charge in [-0.1, -0.05) is 59.9 Å². The van der Waals surface area contributed by atoms with Crippen molar-refractivity contribution in [2.24, 2.45) is 5.92 Å². The highest BCUT2D eigenvalue weighted by Gasteiger charge is 2.07. The minimum atomic E-state index is -4.32. The standard InChI is InChI=1S/C31H50O5S/c1-26(13-7-14-28(3)17-9-18-30(5)21-24-36-37(32,33)34)11-6-12-27(2)15-8-16-29(4)19-10-20-31-22-23-35-25-31/h11,14-15,19,22-23,25,30H,6-10,12-13,16-18,20-21,24H2,1-5H3,(H,32,33,34). The van der Waals surface area contributed by atoms with Crippen LogP contribution in [-0.4, -0.2) is 19.6 Å². The quantitative estimate of drug-likeness (QED) is 0.133. The highest BCUT2D eigenvalue weighted by Crippen LogP contribution is 2.18. The monoisotopic (exact) mass is 534 g/mol. The van der Waals surface area contributed by atoms with E-state index < -0.39 is 10.4 Å². The molecule has 0 aromatic carbocycles. The lowest BCUT2D eigenvalue weighted by Gasteiger charge is -2.10. The summed E-state index contributed by atoms with van der Waals surface area (Å²) < 4.78 is 39.3. The van der Waals surface area contributed by atoms with Crippen LogP contribution in [-0.2, 0) is 21.0 Å². The second-order valence-electron chi connectivity index (χ2n) is 10.5. The fraction of sp³-hybridized carbons (Fsp3) is 0.613. The fourth-order valence-electron chi connectivity index (χ4n) is 4.20. The van der Waals surface area contributed by atoms with Crippen molar-refractivity contribution in [1.82, 2.24) is 0 Å². The molecule has 0 bridgehead atoms. The molecule has 6 heteroatoms. The Bertz CT molecular complexity index is 965. The van der Waals surface area contributed by atoms with Crippen LogP contribution in [0.4, 0.5) is 0 Å². The van der Waals surface area contributed by atoms with Crippen LogP contribution < -0.4 is 0 Å². The van der Waals surface area contributed by atoms with Gasteiger partial charge < -0.3 is 4.42 Å². The molecule has 1 heterocycles. The Hall–Kier alpha value is -1.89. The lowest BCUT2D eigenvalue weighted by atomic mass is 9.98. The molecule has 1 rings (SSSR count). The molecule has 0 aliphatic carbocycles. The predicted octanol–water partition coefficient (Wildman–Crippen LogP) is 9.35. The van der Waals surface area contributed by atoms with Crippen molar-refractivity contribution < 1.29 is 21.6 Å². The third-order valence-electron chi connectivity index (χ3n) is 6.71. The highest BCUT2D eigenvalue weighted by atomic mass is 32.3. The van der Waals surface area contributed by atoms with Gasteiger partial charge >= 0.3 is 10.4 Å². The third-order valence-corrected chi connectivity index (χ3v) is 7.18. The number of rotatable bonds is 20. The molecule has 37 heavy (non-hydrogen) atoms. The summed E-state index contributed by atoms with van der Waals surface area (Å²) in [6, 6.07) is 2.04. The molecule has 1 aromatic heterocycles. The van der Waals surface area contributed by atoms with Gasteiger partial charge in [0.2, 0.25) is 0 Å². The molecule has 1 aromatic rings. The zero-order valence-corrected chi connectivity index (χ0v) is 24.6. The van der Waals surface area contributed by atoms with Crippen LogP contribution >= 0.6 is 0 Å². The van der Waals surface area contributed by atoms with Crippen LogP contribution in [0.2, 0.25) is 0 Å². The Balaban J connectivity index is 2.15. The maximum Gasteiger partial charge on any atom is 0.397 e. The summed E-state index contributed by atoms with van der Waals surface area (Å²) in [6.07, 6.45) is 25.6. The van der Waals surface area contributed by atoms with Crippen molar-refractivity contribution in [1.29, 1.82) is 0 Å². The smallest absolute Gasteiger partial charge is 0.397 e. The predicted molar refractivity (Wildman–Crippen MR) is 155 cm³/mol. The molecule has 0 amide bonds. The normalized spacial score (nSPS) is 14.9. The van der Waals surface area contributed by atoms with Crippen LogP contribution in [0.15, 0.2) is 69.6 Å². The Kier molecular flexibility index (Phi) is 17.2. The van der Waals surface area contributed by atoms with Gasteiger partial charge in [-0.15, -0.1) is 0 Å². The van der Waals surface area contributed by atoms with Crippen molar-refractivity contribution >= 4 is 10.4 Å². The third kappa shape index (κ3) is 19.8. The Morgan fingerprint density at radius 2 is 1.38 bits per heavy atom. The lowest BCUT2D eigenvalue weighted by molar-refractivity contribution is 0.245. The first-order valence-corrected chi connectivity index (χ1v) is 15.2. The van der Waals surface area contributed by atoms with E-state index >= 15 is 0 Å². The molecule has 5 nitrogen and oxygen atoms in total. The average molecular weight is 535 g/mol. The van der Waals surface area contributed by atoms with Crippen LogP contribution in [0.3, 0.4) is 0 Å². The minimum absolute atomic E-state index is 0.0423. The molecule has 0 spiro atoms. The Morgan fingerprint density at radius 3 is 1.86 bits per heavy atom. The summed E-state index contributed by atoms with van der Waals surface area (Å²) in [5.41, 5.74) is 7.08. The van der Waals surface area contributed by atoms with Crippen molar-refractivity contribution in [3.63, 3.8) is 0 Å². The van der Waals surface area contributed by atoms with E-state index in [9.17, 15) is 8.42 Å². The zero-order chi connectivity index (χ0) is 27.5. The molecule has 0 saturated heterocycles. The van der Waals surface area contributed by atoms with Gasteiger partial charge in [0.25, 0.3) is 0 Å². The molecule has 0 aliphatic heterocycles. The molecule has 0 radical (unpaired) electrons. The van der Waals surface area contributed by atoms with Crippen LogP contribution in [0.1, 0.15) is 111 Å². The van der Waals surface area contributed by atoms with Crippen molar-refractivity contribution in [2.75, 3.05) is 6.61 Å². The zero-order valence-electron chi connectivity index (χ0n) is 23.8. The van der Waals surface area contributed by atoms with E-state index in [1.807, 2.05) is 12.3 Å². The first-order valence-electron chi connectivity index (χ1n) is 13.8. The number of aryl methyl sites for hydroxylation is 1. The van der Waals surface area contributed by atoms with E-state index in [-0.39, 0.29) is 6.61 Å². The van der Waals surface area contributed by atoms with Gasteiger partial charge in [0.15, 0.2) is 0 Å². The van der Waals surface area contributed by atoms with E-state index in [0.717, 1.165) is 70.6 Å². The molecular formula is C31H50O5S. The maximum atomic E-state index is 10.6. The van der Waals surface area contributed by atoms with E-state index in [4.69, 9.17) is 8.97 Å². The van der Waals surface area contributed by atoms with E-state index in [0.29, 0.717) is 12.3 Å². The summed E-state index contributed by atoms with van der Waals surface area (Å²) in [5.74, 6) is 0.371. The second kappa shape index (κ2) is 19.2. The largest absolute Gasteiger partial charge is 0.472 e. The Labute approximate surface area is 226 Å². The van der Waals surface area contributed by atoms with Crippen LogP contribution in [0.25, 0.3) is 0 Å². The fourth-order valence-corrected chi connectivity index (χ4v) is 4.50. The maximum absolute atomic E-state index is 10.6. The summed E-state index contributed by atoms with van der Waals surface area (Å²) >= 11 is 0. The van der Waals surface area contributed by atoms with E-state index in [1.54, 1.807) is 6.26 Å². The van der Waals surface area contributed by atoms with E-state index in [1.165, 1.54) is 27.9 Å². The summed E-state index contributed by atoms with van der Waals surface area (Å²) in [7, 11) is -4.32. The van der Waals surface area contributed by atoms with Gasteiger partial charge in [-0.25, -0.2) is 4.18 Å². The number of hydrogen-bond donors (Lipinski definition) is 1. The molecule has 1 N–H and O–H groups in total. The topological polar surface area (TPSA) is 76.7 Å². The van der Waals surface area contributed by atoms with E-state index in [2.05, 4.69) is 63.1 Å². The minimum Gasteiger partial charge on any atom is -0.472 e. The number of furan rings is 1. The van der Waals surface area contributed by atoms with Crippen molar-refractivity contribution in [3.05, 3.63) is 70.8 Å². The van der Waals surface area contributed by atoms with Crippen molar-refractivity contribution in [3.8, 4) is 0 Å². The molecule has 1 unspecified atom stereocenters. The van der Waals surface area contributed by atoms with Gasteiger partial charge in [-0.05, 0) is 116 Å². The Morgan fingerprint density at radius 1 is 0.865 bits per heavy atom. The molecular weight excluding hydrogens is 484 g/mol. The highest BCUT2D eigenvalue weighted by molar-refractivity contribution is 7.80. The first kappa shape index (κ1) is 33.1. The van der Waals surface area contributed by atoms with Gasteiger partial charge in [-0.2, -0.15) is 8.42 Å². The van der Waals surface area contributed by atoms with Gasteiger partial charge in [0.1, 0.15) is 0 Å². The van der Waals surface area contributed by atoms with Gasteiger partial charge in [-0.3, -0.25) is 4.55 Å². The SMILES string of the molecule is CC(=CCCC(C)=CCCc1ccoc1)CCC=C(C)CCC=C(C)CCCC(C)CCOS(=O)(=O)O. The summed E-state index contributed by atoms with van der Waals surface area (Å²) in [6.45, 7) is 11.0. The van der Waals surface area contributed by atoms with Crippen LogP contribution in [0, 0.1) is 5.92 Å². The van der Waals surface area contributed by atoms with Crippen LogP contribution in [0.5, 0.6) is 0 Å². The molecule has 210 valence electrons. The molecule has 0 saturated carbocycles. The van der Waals surface area contributed by atoms with Crippen molar-refractivity contribution in [2.45, 2.75) is 112 Å². The summed E-state index contributed by atoms with van der Waals surface area (Å²) in [5, 5.41) is 0. The lowest BCUT2D eigenvalue weighted by Crippen LogP contribution is -2.08. The molecule has 1 atom stereocenters.